The minimum atomic E-state index is -0.919. The van der Waals surface area contributed by atoms with Crippen LogP contribution in [0.25, 0.3) is 10.9 Å². The monoisotopic (exact) mass is 503 g/mol. The maximum atomic E-state index is 12.2. The number of aliphatic hydroxyl groups excluding tert-OH is 1. The number of hydrogen-bond acceptors (Lipinski definition) is 6. The number of nitrogens with zero attached hydrogens (tertiary/aromatic N) is 1. The third kappa shape index (κ3) is 6.24. The summed E-state index contributed by atoms with van der Waals surface area (Å²) in [5.41, 5.74) is 3.44. The van der Waals surface area contributed by atoms with E-state index in [0.29, 0.717) is 16.9 Å². The maximum absolute atomic E-state index is 12.2. The number of aromatic nitrogens is 1. The van der Waals surface area contributed by atoms with Crippen molar-refractivity contribution in [1.29, 1.82) is 0 Å². The second-order valence-corrected chi connectivity index (χ2v) is 9.20. The average Bonchev–Trinajstić information content (AvgIpc) is 3.24. The number of hydrogen-bond donors (Lipinski definition) is 3. The molecular weight excluding hydrogens is 470 g/mol. The molecule has 0 aliphatic carbocycles. The molecule has 0 saturated heterocycles. The SMILES string of the molecule is CCCCc1cc(O)c(Cn2cc(C[C@H](O)COC(=O)c3ccccc3)c3cc(OC)ccc32)c(O)c1. The van der Waals surface area contributed by atoms with E-state index in [-0.39, 0.29) is 31.1 Å². The largest absolute Gasteiger partial charge is 0.507 e. The first-order valence-corrected chi connectivity index (χ1v) is 12.5. The van der Waals surface area contributed by atoms with Crippen molar-refractivity contribution in [2.45, 2.75) is 45.3 Å². The van der Waals surface area contributed by atoms with Crippen LogP contribution in [0.4, 0.5) is 0 Å². The average molecular weight is 504 g/mol. The standard InChI is InChI=1S/C30H33NO6/c1-3-4-8-20-13-28(33)26(29(34)14-20)18-31-17-22(25-16-24(36-2)11-12-27(25)31)15-23(32)19-37-30(35)21-9-6-5-7-10-21/h5-7,9-14,16-17,23,32-34H,3-4,8,15,18-19H2,1-2H3/t23-/m0/s1. The van der Waals surface area contributed by atoms with Crippen molar-refractivity contribution < 1.29 is 29.6 Å². The molecule has 1 heterocycles. The molecule has 0 unspecified atom stereocenters. The Labute approximate surface area is 216 Å². The van der Waals surface area contributed by atoms with Gasteiger partial charge in [0, 0.05) is 23.5 Å². The van der Waals surface area contributed by atoms with E-state index in [1.807, 2.05) is 35.0 Å². The van der Waals surface area contributed by atoms with Crippen molar-refractivity contribution in [3.05, 3.63) is 89.1 Å². The zero-order chi connectivity index (χ0) is 26.4. The lowest BCUT2D eigenvalue weighted by atomic mass is 10.0. The van der Waals surface area contributed by atoms with Crippen LogP contribution in [0.3, 0.4) is 0 Å². The van der Waals surface area contributed by atoms with Gasteiger partial charge in [0.25, 0.3) is 0 Å². The fourth-order valence-corrected chi connectivity index (χ4v) is 4.47. The van der Waals surface area contributed by atoms with Crippen LogP contribution in [-0.4, -0.2) is 45.7 Å². The molecule has 3 aromatic carbocycles. The number of rotatable bonds is 11. The number of ether oxygens (including phenoxy) is 2. The first-order valence-electron chi connectivity index (χ1n) is 12.5. The molecule has 7 heteroatoms. The van der Waals surface area contributed by atoms with Gasteiger partial charge in [-0.3, -0.25) is 0 Å². The number of fused-ring (bicyclic) bond motifs is 1. The molecule has 1 atom stereocenters. The van der Waals surface area contributed by atoms with Crippen molar-refractivity contribution in [1.82, 2.24) is 4.57 Å². The summed E-state index contributed by atoms with van der Waals surface area (Å²) in [5, 5.41) is 32.9. The Bertz CT molecular complexity index is 1340. The Morgan fingerprint density at radius 1 is 1.03 bits per heavy atom. The van der Waals surface area contributed by atoms with Crippen LogP contribution in [0.15, 0.2) is 66.9 Å². The molecule has 0 amide bonds. The van der Waals surface area contributed by atoms with Crippen LogP contribution in [0.1, 0.15) is 46.8 Å². The molecule has 4 aromatic rings. The van der Waals surface area contributed by atoms with Gasteiger partial charge in [-0.25, -0.2) is 4.79 Å². The van der Waals surface area contributed by atoms with Crippen LogP contribution in [-0.2, 0) is 24.1 Å². The molecule has 0 radical (unpaired) electrons. The Balaban J connectivity index is 1.56. The normalized spacial score (nSPS) is 12.0. The van der Waals surface area contributed by atoms with E-state index in [1.54, 1.807) is 43.5 Å². The summed E-state index contributed by atoms with van der Waals surface area (Å²) in [6.45, 7) is 2.20. The number of benzene rings is 3. The highest BCUT2D eigenvalue weighted by atomic mass is 16.5. The van der Waals surface area contributed by atoms with Crippen LogP contribution in [0, 0.1) is 0 Å². The first-order chi connectivity index (χ1) is 17.9. The van der Waals surface area contributed by atoms with Gasteiger partial charge in [0.15, 0.2) is 0 Å². The number of carbonyl (C=O) groups is 1. The summed E-state index contributed by atoms with van der Waals surface area (Å²) in [4.78, 5) is 12.2. The van der Waals surface area contributed by atoms with Crippen molar-refractivity contribution >= 4 is 16.9 Å². The summed E-state index contributed by atoms with van der Waals surface area (Å²) in [5.74, 6) is 0.284. The van der Waals surface area contributed by atoms with Crippen molar-refractivity contribution in [3.63, 3.8) is 0 Å². The zero-order valence-corrected chi connectivity index (χ0v) is 21.2. The molecule has 4 rings (SSSR count). The number of aromatic hydroxyl groups is 2. The molecule has 0 aliphatic rings. The second kappa shape index (κ2) is 11.8. The van der Waals surface area contributed by atoms with Crippen molar-refractivity contribution in [3.8, 4) is 17.2 Å². The smallest absolute Gasteiger partial charge is 0.338 e. The van der Waals surface area contributed by atoms with E-state index < -0.39 is 12.1 Å². The number of aryl methyl sites for hydroxylation is 1. The minimum absolute atomic E-state index is 0.0517. The van der Waals surface area contributed by atoms with Crippen LogP contribution in [0.2, 0.25) is 0 Å². The van der Waals surface area contributed by atoms with Crippen LogP contribution in [0.5, 0.6) is 17.2 Å². The number of esters is 1. The molecule has 0 bridgehead atoms. The summed E-state index contributed by atoms with van der Waals surface area (Å²) < 4.78 is 12.6. The fourth-order valence-electron chi connectivity index (χ4n) is 4.47. The lowest BCUT2D eigenvalue weighted by Crippen LogP contribution is -2.21. The summed E-state index contributed by atoms with van der Waals surface area (Å²) >= 11 is 0. The maximum Gasteiger partial charge on any atom is 0.338 e. The fraction of sp³-hybridized carbons (Fsp3) is 0.300. The second-order valence-electron chi connectivity index (χ2n) is 9.20. The molecule has 0 spiro atoms. The van der Waals surface area contributed by atoms with Crippen LogP contribution >= 0.6 is 0 Å². The van der Waals surface area contributed by atoms with Gasteiger partial charge in [-0.2, -0.15) is 0 Å². The first kappa shape index (κ1) is 26.1. The van der Waals surface area contributed by atoms with Gasteiger partial charge in [0.1, 0.15) is 23.9 Å². The lowest BCUT2D eigenvalue weighted by Gasteiger charge is -2.12. The Morgan fingerprint density at radius 2 is 1.76 bits per heavy atom. The highest BCUT2D eigenvalue weighted by Gasteiger charge is 2.18. The quantitative estimate of drug-likeness (QED) is 0.243. The number of methoxy groups -OCH3 is 1. The lowest BCUT2D eigenvalue weighted by molar-refractivity contribution is 0.0259. The van der Waals surface area contributed by atoms with Gasteiger partial charge < -0.3 is 29.4 Å². The molecule has 7 nitrogen and oxygen atoms in total. The molecule has 3 N–H and O–H groups in total. The van der Waals surface area contributed by atoms with E-state index in [2.05, 4.69) is 6.92 Å². The molecule has 0 saturated carbocycles. The van der Waals surface area contributed by atoms with Gasteiger partial charge in [0.2, 0.25) is 0 Å². The predicted octanol–water partition coefficient (Wildman–Crippen LogP) is 5.21. The van der Waals surface area contributed by atoms with Gasteiger partial charge >= 0.3 is 5.97 Å². The summed E-state index contributed by atoms with van der Waals surface area (Å²) in [6.07, 6.45) is 4.01. The highest BCUT2D eigenvalue weighted by Crippen LogP contribution is 2.33. The van der Waals surface area contributed by atoms with E-state index in [4.69, 9.17) is 9.47 Å². The highest BCUT2D eigenvalue weighted by molar-refractivity contribution is 5.89. The summed E-state index contributed by atoms with van der Waals surface area (Å²) in [6, 6.07) is 17.7. The Kier molecular flexibility index (Phi) is 8.36. The zero-order valence-electron chi connectivity index (χ0n) is 21.2. The number of unbranched alkanes of at least 4 members (excludes halogenated alkanes) is 1. The summed E-state index contributed by atoms with van der Waals surface area (Å²) in [7, 11) is 1.59. The third-order valence-electron chi connectivity index (χ3n) is 6.45. The Hall–Kier alpha value is -3.97. The van der Waals surface area contributed by atoms with Gasteiger partial charge in [-0.05, 0) is 66.4 Å². The Morgan fingerprint density at radius 3 is 2.43 bits per heavy atom. The van der Waals surface area contributed by atoms with Crippen molar-refractivity contribution in [2.75, 3.05) is 13.7 Å². The third-order valence-corrected chi connectivity index (χ3v) is 6.45. The number of phenols is 2. The van der Waals surface area contributed by atoms with Crippen LogP contribution < -0.4 is 4.74 Å². The molecule has 0 fully saturated rings. The number of phenolic OH excluding ortho intramolecular Hbond substituents is 2. The topological polar surface area (TPSA) is 101 Å². The number of aliphatic hydroxyl groups is 1. The van der Waals surface area contributed by atoms with Gasteiger partial charge in [-0.15, -0.1) is 0 Å². The van der Waals surface area contributed by atoms with E-state index in [1.165, 1.54) is 0 Å². The number of carbonyl (C=O) groups excluding carboxylic acids is 1. The van der Waals surface area contributed by atoms with E-state index in [0.717, 1.165) is 41.3 Å². The molecule has 194 valence electrons. The van der Waals surface area contributed by atoms with E-state index >= 15 is 0 Å². The van der Waals surface area contributed by atoms with E-state index in [9.17, 15) is 20.1 Å². The van der Waals surface area contributed by atoms with Gasteiger partial charge in [0.05, 0.1) is 30.9 Å². The predicted molar refractivity (Wildman–Crippen MR) is 142 cm³/mol. The molecule has 37 heavy (non-hydrogen) atoms. The molecule has 1 aromatic heterocycles. The molecule has 0 aliphatic heterocycles. The van der Waals surface area contributed by atoms with Gasteiger partial charge in [-0.1, -0.05) is 31.5 Å². The molecular formula is C30H33NO6. The minimum Gasteiger partial charge on any atom is -0.507 e. The van der Waals surface area contributed by atoms with Crippen molar-refractivity contribution in [2.24, 2.45) is 0 Å².